The first-order valence-electron chi connectivity index (χ1n) is 6.67. The first-order chi connectivity index (χ1) is 9.67. The summed E-state index contributed by atoms with van der Waals surface area (Å²) in [6.45, 7) is 1.21. The topological polar surface area (TPSA) is 84.7 Å². The maximum atomic E-state index is 12.0. The first-order valence-corrected chi connectivity index (χ1v) is 6.67. The minimum absolute atomic E-state index is 0.126. The third-order valence-electron chi connectivity index (χ3n) is 3.18. The third kappa shape index (κ3) is 7.28. The van der Waals surface area contributed by atoms with Crippen molar-refractivity contribution in [2.75, 3.05) is 26.2 Å². The molecule has 1 saturated heterocycles. The zero-order valence-electron chi connectivity index (χ0n) is 11.8. The maximum absolute atomic E-state index is 12.0. The van der Waals surface area contributed by atoms with Crippen LogP contribution in [0.1, 0.15) is 19.8 Å². The average molecular weight is 311 g/mol. The van der Waals surface area contributed by atoms with Crippen LogP contribution in [0.2, 0.25) is 0 Å². The van der Waals surface area contributed by atoms with E-state index in [1.807, 2.05) is 4.90 Å². The number of carbonyl (C=O) groups is 2. The van der Waals surface area contributed by atoms with E-state index in [-0.39, 0.29) is 12.6 Å². The van der Waals surface area contributed by atoms with E-state index in [0.29, 0.717) is 25.9 Å². The highest BCUT2D eigenvalue weighted by atomic mass is 19.4. The molecule has 3 N–H and O–H groups in total. The largest absolute Gasteiger partial charge is 0.411 e. The number of rotatable bonds is 6. The number of hydrogen-bond acceptors (Lipinski definition) is 4. The predicted octanol–water partition coefficient (Wildman–Crippen LogP) is 0.0197. The molecular formula is C12H20F3N3O3. The highest BCUT2D eigenvalue weighted by Crippen LogP contribution is 2.16. The molecule has 0 radical (unpaired) electrons. The van der Waals surface area contributed by atoms with E-state index < -0.39 is 30.7 Å². The molecule has 0 aliphatic carbocycles. The molecule has 9 heteroatoms. The smallest absolute Gasteiger partial charge is 0.369 e. The Morgan fingerprint density at radius 3 is 2.43 bits per heavy atom. The van der Waals surface area contributed by atoms with Crippen molar-refractivity contribution in [3.63, 3.8) is 0 Å². The van der Waals surface area contributed by atoms with E-state index in [0.717, 1.165) is 0 Å². The average Bonchev–Trinajstić information content (AvgIpc) is 2.36. The van der Waals surface area contributed by atoms with Crippen LogP contribution in [0.25, 0.3) is 0 Å². The number of nitrogens with two attached hydrogens (primary N) is 1. The molecule has 6 nitrogen and oxygen atoms in total. The van der Waals surface area contributed by atoms with Crippen molar-refractivity contribution in [3.8, 4) is 0 Å². The Kier molecular flexibility index (Phi) is 6.41. The molecule has 21 heavy (non-hydrogen) atoms. The summed E-state index contributed by atoms with van der Waals surface area (Å²) in [5.41, 5.74) is 5.09. The zero-order chi connectivity index (χ0) is 16.0. The molecule has 1 rings (SSSR count). The highest BCUT2D eigenvalue weighted by molar-refractivity contribution is 5.80. The van der Waals surface area contributed by atoms with Gasteiger partial charge in [-0.15, -0.1) is 0 Å². The molecule has 0 saturated carbocycles. The van der Waals surface area contributed by atoms with Crippen LogP contribution in [-0.4, -0.2) is 61.3 Å². The lowest BCUT2D eigenvalue weighted by molar-refractivity contribution is -0.185. The van der Waals surface area contributed by atoms with Crippen molar-refractivity contribution in [2.24, 2.45) is 5.73 Å². The van der Waals surface area contributed by atoms with Gasteiger partial charge in [0.1, 0.15) is 12.7 Å². The number of halogens is 3. The van der Waals surface area contributed by atoms with Crippen molar-refractivity contribution in [1.29, 1.82) is 0 Å². The number of hydrogen-bond donors (Lipinski definition) is 2. The third-order valence-corrected chi connectivity index (χ3v) is 3.18. The van der Waals surface area contributed by atoms with Gasteiger partial charge in [-0.3, -0.25) is 14.5 Å². The minimum Gasteiger partial charge on any atom is -0.369 e. The summed E-state index contributed by atoms with van der Waals surface area (Å²) in [4.78, 5) is 24.3. The molecule has 1 unspecified atom stereocenters. The van der Waals surface area contributed by atoms with Gasteiger partial charge in [0.25, 0.3) is 0 Å². The molecule has 0 aromatic carbocycles. The second-order valence-electron chi connectivity index (χ2n) is 5.09. The summed E-state index contributed by atoms with van der Waals surface area (Å²) in [5, 5.41) is 2.65. The molecule has 1 aliphatic heterocycles. The van der Waals surface area contributed by atoms with Crippen LogP contribution in [0.3, 0.4) is 0 Å². The number of nitrogens with one attached hydrogen (secondary N) is 1. The molecule has 2 amide bonds. The van der Waals surface area contributed by atoms with Gasteiger partial charge in [-0.2, -0.15) is 13.2 Å². The number of alkyl halides is 3. The minimum atomic E-state index is -4.45. The van der Waals surface area contributed by atoms with Gasteiger partial charge in [-0.25, -0.2) is 0 Å². The van der Waals surface area contributed by atoms with E-state index in [1.54, 1.807) is 0 Å². The lowest BCUT2D eigenvalue weighted by Gasteiger charge is -2.32. The van der Waals surface area contributed by atoms with Crippen LogP contribution >= 0.6 is 0 Å². The Hall–Kier alpha value is -1.35. The number of ether oxygens (including phenoxy) is 1. The van der Waals surface area contributed by atoms with E-state index in [2.05, 4.69) is 10.1 Å². The van der Waals surface area contributed by atoms with Crippen molar-refractivity contribution in [3.05, 3.63) is 0 Å². The van der Waals surface area contributed by atoms with Gasteiger partial charge in [-0.1, -0.05) is 0 Å². The van der Waals surface area contributed by atoms with Gasteiger partial charge in [-0.05, 0) is 19.8 Å². The molecule has 0 spiro atoms. The van der Waals surface area contributed by atoms with E-state index >= 15 is 0 Å². The van der Waals surface area contributed by atoms with Crippen molar-refractivity contribution in [2.45, 2.75) is 38.1 Å². The Morgan fingerprint density at radius 1 is 1.38 bits per heavy atom. The lowest BCUT2D eigenvalue weighted by atomic mass is 10.0. The Bertz CT molecular complexity index is 368. The van der Waals surface area contributed by atoms with E-state index in [4.69, 9.17) is 5.73 Å². The SMILES string of the molecule is CC(OCC(F)(F)F)C(=O)NC1CCN(CC(N)=O)CC1. The predicted molar refractivity (Wildman–Crippen MR) is 68.3 cm³/mol. The molecule has 0 aromatic rings. The summed E-state index contributed by atoms with van der Waals surface area (Å²) in [7, 11) is 0. The number of primary amides is 1. The highest BCUT2D eigenvalue weighted by Gasteiger charge is 2.30. The fourth-order valence-electron chi connectivity index (χ4n) is 2.07. The van der Waals surface area contributed by atoms with Crippen LogP contribution in [0.5, 0.6) is 0 Å². The number of piperidine rings is 1. The second kappa shape index (κ2) is 7.60. The quantitative estimate of drug-likeness (QED) is 0.724. The number of nitrogens with zero attached hydrogens (tertiary/aromatic N) is 1. The van der Waals surface area contributed by atoms with Crippen LogP contribution in [-0.2, 0) is 14.3 Å². The van der Waals surface area contributed by atoms with Crippen molar-refractivity contribution < 1.29 is 27.5 Å². The number of carbonyl (C=O) groups excluding carboxylic acids is 2. The summed E-state index contributed by atoms with van der Waals surface area (Å²) in [6.07, 6.45) is -4.37. The fraction of sp³-hybridized carbons (Fsp3) is 0.833. The first kappa shape index (κ1) is 17.7. The fourth-order valence-corrected chi connectivity index (χ4v) is 2.07. The van der Waals surface area contributed by atoms with E-state index in [9.17, 15) is 22.8 Å². The van der Waals surface area contributed by atoms with E-state index in [1.165, 1.54) is 6.92 Å². The van der Waals surface area contributed by atoms with Crippen molar-refractivity contribution >= 4 is 11.8 Å². The summed E-state index contributed by atoms with van der Waals surface area (Å²) < 4.78 is 40.4. The van der Waals surface area contributed by atoms with Crippen LogP contribution in [0.15, 0.2) is 0 Å². The summed E-state index contributed by atoms with van der Waals surface area (Å²) >= 11 is 0. The second-order valence-corrected chi connectivity index (χ2v) is 5.09. The zero-order valence-corrected chi connectivity index (χ0v) is 11.8. The molecule has 1 aliphatic rings. The van der Waals surface area contributed by atoms with Gasteiger partial charge in [0.2, 0.25) is 11.8 Å². The standard InChI is InChI=1S/C12H20F3N3O3/c1-8(21-7-12(13,14)15)11(20)17-9-2-4-18(5-3-9)6-10(16)19/h8-9H,2-7H2,1H3,(H2,16,19)(H,17,20). The maximum Gasteiger partial charge on any atom is 0.411 e. The molecule has 0 aromatic heterocycles. The van der Waals surface area contributed by atoms with Gasteiger partial charge >= 0.3 is 6.18 Å². The molecule has 1 atom stereocenters. The Balaban J connectivity index is 2.28. The Labute approximate surface area is 120 Å². The molecular weight excluding hydrogens is 291 g/mol. The van der Waals surface area contributed by atoms with Crippen LogP contribution in [0, 0.1) is 0 Å². The number of likely N-dealkylation sites (tertiary alicyclic amines) is 1. The summed E-state index contributed by atoms with van der Waals surface area (Å²) in [5.74, 6) is -0.973. The summed E-state index contributed by atoms with van der Waals surface area (Å²) in [6, 6.07) is -0.126. The normalized spacial score (nSPS) is 19.2. The lowest BCUT2D eigenvalue weighted by Crippen LogP contribution is -2.49. The van der Waals surface area contributed by atoms with Gasteiger partial charge < -0.3 is 15.8 Å². The molecule has 122 valence electrons. The van der Waals surface area contributed by atoms with Gasteiger partial charge in [0.15, 0.2) is 0 Å². The Morgan fingerprint density at radius 2 is 1.95 bits per heavy atom. The van der Waals surface area contributed by atoms with Crippen molar-refractivity contribution in [1.82, 2.24) is 10.2 Å². The molecule has 1 fully saturated rings. The number of amides is 2. The molecule has 0 bridgehead atoms. The van der Waals surface area contributed by atoms with Crippen LogP contribution in [0.4, 0.5) is 13.2 Å². The van der Waals surface area contributed by atoms with Gasteiger partial charge in [0.05, 0.1) is 6.54 Å². The molecule has 1 heterocycles. The van der Waals surface area contributed by atoms with Crippen LogP contribution < -0.4 is 11.1 Å². The monoisotopic (exact) mass is 311 g/mol. The van der Waals surface area contributed by atoms with Gasteiger partial charge in [0, 0.05) is 19.1 Å².